The molecule has 0 aromatic heterocycles. The van der Waals surface area contributed by atoms with Gasteiger partial charge < -0.3 is 0 Å². The van der Waals surface area contributed by atoms with Crippen LogP contribution in [0.1, 0.15) is 57.8 Å². The van der Waals surface area contributed by atoms with Crippen molar-refractivity contribution in [1.82, 2.24) is 0 Å². The molecule has 0 aromatic rings. The van der Waals surface area contributed by atoms with E-state index in [0.29, 0.717) is 0 Å². The number of hydrogen-bond donors (Lipinski definition) is 0. The monoisotopic (exact) mass is 387 g/mol. The van der Waals surface area contributed by atoms with Gasteiger partial charge in [0, 0.05) is 26.2 Å². The summed E-state index contributed by atoms with van der Waals surface area (Å²) in [6.07, 6.45) is 22.5. The summed E-state index contributed by atoms with van der Waals surface area (Å²) < 4.78 is 0. The van der Waals surface area contributed by atoms with Crippen molar-refractivity contribution in [2.45, 2.75) is 57.8 Å². The minimum Gasteiger partial charge on any atom is -0.197 e. The van der Waals surface area contributed by atoms with Crippen LogP contribution < -0.4 is 0 Å². The second kappa shape index (κ2) is 10.2. The van der Waals surface area contributed by atoms with Crippen LogP contribution in [-0.4, -0.2) is 0 Å². The molecule has 0 atom stereocenters. The zero-order valence-electron chi connectivity index (χ0n) is 11.9. The molecule has 0 aliphatic heterocycles. The molecule has 0 unspecified atom stereocenters. The van der Waals surface area contributed by atoms with Crippen LogP contribution in [0, 0.1) is 6.08 Å². The molecule has 0 radical (unpaired) electrons. The summed E-state index contributed by atoms with van der Waals surface area (Å²) in [7, 11) is 0. The predicted molar refractivity (Wildman–Crippen MR) is 87.1 cm³/mol. The van der Waals surface area contributed by atoms with E-state index >= 15 is 0 Å². The number of halogens is 2. The van der Waals surface area contributed by atoms with Crippen molar-refractivity contribution in [3.8, 4) is 0 Å². The SMILES string of the molecule is Cl.Cl.[C-]1=C(C2=CCCCC2)C(C2=CCCCC2)=CC1.[Zr]. The average molecular weight is 390 g/mol. The molecule has 0 fully saturated rings. The van der Waals surface area contributed by atoms with E-state index in [0.717, 1.165) is 6.42 Å². The van der Waals surface area contributed by atoms with E-state index in [1.165, 1.54) is 62.5 Å². The van der Waals surface area contributed by atoms with E-state index in [1.54, 1.807) is 11.1 Å². The molecule has 0 aromatic carbocycles. The molecule has 0 bridgehead atoms. The van der Waals surface area contributed by atoms with Gasteiger partial charge in [-0.15, -0.1) is 48.1 Å². The van der Waals surface area contributed by atoms with Crippen molar-refractivity contribution in [3.05, 3.63) is 46.6 Å². The van der Waals surface area contributed by atoms with E-state index in [1.807, 2.05) is 0 Å². The largest absolute Gasteiger partial charge is 0.197 e. The second-order valence-electron chi connectivity index (χ2n) is 5.32. The molecule has 110 valence electrons. The Morgan fingerprint density at radius 1 is 0.750 bits per heavy atom. The molecule has 3 aliphatic carbocycles. The maximum atomic E-state index is 3.59. The Hall–Kier alpha value is 0.423. The van der Waals surface area contributed by atoms with Crippen molar-refractivity contribution in [3.63, 3.8) is 0 Å². The fourth-order valence-corrected chi connectivity index (χ4v) is 3.18. The Kier molecular flexibility index (Phi) is 10.4. The average Bonchev–Trinajstić information content (AvgIpc) is 2.90. The molecule has 0 amide bonds. The van der Waals surface area contributed by atoms with Crippen LogP contribution in [0.4, 0.5) is 0 Å². The summed E-state index contributed by atoms with van der Waals surface area (Å²) in [6, 6.07) is 0. The first kappa shape index (κ1) is 20.4. The Morgan fingerprint density at radius 3 is 1.90 bits per heavy atom. The molecule has 0 heterocycles. The minimum atomic E-state index is 0. The van der Waals surface area contributed by atoms with Crippen LogP contribution in [0.25, 0.3) is 0 Å². The predicted octanol–water partition coefficient (Wildman–Crippen LogP) is 5.89. The normalized spacial score (nSPS) is 21.2. The summed E-state index contributed by atoms with van der Waals surface area (Å²) in [5.41, 5.74) is 6.16. The fraction of sp³-hybridized carbons (Fsp3) is 0.529. The quantitative estimate of drug-likeness (QED) is 0.517. The van der Waals surface area contributed by atoms with Gasteiger partial charge in [0.1, 0.15) is 0 Å². The van der Waals surface area contributed by atoms with Crippen LogP contribution in [-0.2, 0) is 26.2 Å². The third kappa shape index (κ3) is 4.72. The molecular weight excluding hydrogens is 366 g/mol. The summed E-state index contributed by atoms with van der Waals surface area (Å²) in [6.45, 7) is 0. The second-order valence-corrected chi connectivity index (χ2v) is 5.32. The van der Waals surface area contributed by atoms with Crippen molar-refractivity contribution >= 4 is 24.8 Å². The zero-order valence-corrected chi connectivity index (χ0v) is 16.0. The van der Waals surface area contributed by atoms with Gasteiger partial charge in [0.05, 0.1) is 0 Å². The van der Waals surface area contributed by atoms with E-state index in [9.17, 15) is 0 Å². The summed E-state index contributed by atoms with van der Waals surface area (Å²) >= 11 is 0. The van der Waals surface area contributed by atoms with Crippen LogP contribution in [0.3, 0.4) is 0 Å². The van der Waals surface area contributed by atoms with E-state index < -0.39 is 0 Å². The molecule has 0 nitrogen and oxygen atoms in total. The van der Waals surface area contributed by atoms with Crippen molar-refractivity contribution < 1.29 is 26.2 Å². The van der Waals surface area contributed by atoms with Gasteiger partial charge in [-0.1, -0.05) is 31.8 Å². The van der Waals surface area contributed by atoms with Crippen molar-refractivity contribution in [2.75, 3.05) is 0 Å². The molecule has 3 rings (SSSR count). The third-order valence-electron chi connectivity index (χ3n) is 4.10. The summed E-state index contributed by atoms with van der Waals surface area (Å²) in [5.74, 6) is 0. The Morgan fingerprint density at radius 2 is 1.35 bits per heavy atom. The van der Waals surface area contributed by atoms with E-state index in [2.05, 4.69) is 24.3 Å². The maximum Gasteiger partial charge on any atom is 0 e. The van der Waals surface area contributed by atoms with Gasteiger partial charge in [-0.05, 0) is 32.1 Å². The van der Waals surface area contributed by atoms with Gasteiger partial charge in [0.15, 0.2) is 0 Å². The molecule has 0 saturated heterocycles. The van der Waals surface area contributed by atoms with Gasteiger partial charge in [-0.25, -0.2) is 0 Å². The number of hydrogen-bond acceptors (Lipinski definition) is 0. The Balaban J connectivity index is 0.00000120. The standard InChI is InChI=1S/C17H21.2ClH.Zr/c1-3-8-14(9-4-1)16-12-7-13-17(16)15-10-5-2-6-11-15;;;/h8,10,12H,1-7,9,11H2;2*1H;/q-1;;;. The van der Waals surface area contributed by atoms with Gasteiger partial charge in [-0.3, -0.25) is 0 Å². The van der Waals surface area contributed by atoms with Gasteiger partial charge >= 0.3 is 0 Å². The van der Waals surface area contributed by atoms with Crippen LogP contribution >= 0.6 is 24.8 Å². The number of allylic oxidation sites excluding steroid dienone is 8. The summed E-state index contributed by atoms with van der Waals surface area (Å²) in [5, 5.41) is 0. The van der Waals surface area contributed by atoms with Crippen LogP contribution in [0.2, 0.25) is 0 Å². The van der Waals surface area contributed by atoms with E-state index in [-0.39, 0.29) is 51.0 Å². The molecule has 0 spiro atoms. The van der Waals surface area contributed by atoms with E-state index in [4.69, 9.17) is 0 Å². The van der Waals surface area contributed by atoms with Gasteiger partial charge in [0.2, 0.25) is 0 Å². The molecule has 20 heavy (non-hydrogen) atoms. The van der Waals surface area contributed by atoms with Crippen LogP contribution in [0.15, 0.2) is 40.5 Å². The summed E-state index contributed by atoms with van der Waals surface area (Å²) in [4.78, 5) is 0. The fourth-order valence-electron chi connectivity index (χ4n) is 3.18. The minimum absolute atomic E-state index is 0. The van der Waals surface area contributed by atoms with Crippen LogP contribution in [0.5, 0.6) is 0 Å². The topological polar surface area (TPSA) is 0 Å². The molecular formula is C17H23Cl2Zr-. The molecule has 0 saturated carbocycles. The first-order valence-electron chi connectivity index (χ1n) is 7.15. The van der Waals surface area contributed by atoms with Crippen molar-refractivity contribution in [2.24, 2.45) is 0 Å². The first-order chi connectivity index (χ1) is 8.45. The third-order valence-corrected chi connectivity index (χ3v) is 4.10. The molecule has 0 N–H and O–H groups in total. The van der Waals surface area contributed by atoms with Gasteiger partial charge in [-0.2, -0.15) is 17.2 Å². The van der Waals surface area contributed by atoms with Crippen molar-refractivity contribution in [1.29, 1.82) is 0 Å². The number of rotatable bonds is 2. The Labute approximate surface area is 154 Å². The Bertz CT molecular complexity index is 390. The molecule has 3 heteroatoms. The first-order valence-corrected chi connectivity index (χ1v) is 7.15. The smallest absolute Gasteiger partial charge is 0 e. The zero-order chi connectivity index (χ0) is 11.5. The molecule has 3 aliphatic rings. The van der Waals surface area contributed by atoms with Gasteiger partial charge in [0.25, 0.3) is 0 Å². The maximum absolute atomic E-state index is 3.59.